The van der Waals surface area contributed by atoms with Crippen LogP contribution in [0.5, 0.6) is 0 Å². The Kier molecular flexibility index (Phi) is 3.72. The Morgan fingerprint density at radius 2 is 2.24 bits per heavy atom. The third kappa shape index (κ3) is 3.04. The molecule has 0 aromatic carbocycles. The van der Waals surface area contributed by atoms with Crippen molar-refractivity contribution in [3.63, 3.8) is 0 Å². The molecule has 0 saturated heterocycles. The van der Waals surface area contributed by atoms with Gasteiger partial charge in [0.25, 0.3) is 0 Å². The molecule has 0 saturated carbocycles. The van der Waals surface area contributed by atoms with Crippen molar-refractivity contribution in [3.8, 4) is 0 Å². The topological polar surface area (TPSA) is 51.9 Å². The van der Waals surface area contributed by atoms with Crippen LogP contribution in [0.15, 0.2) is 41.6 Å². The molecule has 2 rings (SSSR count). The van der Waals surface area contributed by atoms with Crippen molar-refractivity contribution in [3.05, 3.63) is 53.0 Å². The molecular formula is C12H16N4O. The van der Waals surface area contributed by atoms with Gasteiger partial charge >= 0.3 is 5.69 Å². The first-order chi connectivity index (χ1) is 8.27. The minimum Gasteiger partial charge on any atom is -0.309 e. The molecule has 0 radical (unpaired) electrons. The van der Waals surface area contributed by atoms with Crippen molar-refractivity contribution < 1.29 is 0 Å². The maximum atomic E-state index is 11.5. The van der Waals surface area contributed by atoms with Crippen LogP contribution in [0.2, 0.25) is 0 Å². The summed E-state index contributed by atoms with van der Waals surface area (Å²) in [4.78, 5) is 15.7. The van der Waals surface area contributed by atoms with Gasteiger partial charge in [0, 0.05) is 45.3 Å². The molecule has 0 spiro atoms. The fourth-order valence-corrected chi connectivity index (χ4v) is 1.60. The Balaban J connectivity index is 1.77. The Bertz CT molecular complexity index is 515. The van der Waals surface area contributed by atoms with Crippen molar-refractivity contribution in [1.82, 2.24) is 19.4 Å². The van der Waals surface area contributed by atoms with E-state index in [0.717, 1.165) is 18.8 Å². The molecule has 0 amide bonds. The highest BCUT2D eigenvalue weighted by Crippen LogP contribution is 1.91. The molecule has 0 bridgehead atoms. The molecule has 0 aliphatic rings. The fourth-order valence-electron chi connectivity index (χ4n) is 1.60. The Morgan fingerprint density at radius 3 is 2.88 bits per heavy atom. The molecule has 0 fully saturated rings. The molecule has 2 aromatic rings. The average Bonchev–Trinajstić information content (AvgIpc) is 2.67. The molecule has 0 atom stereocenters. The zero-order valence-corrected chi connectivity index (χ0v) is 9.84. The van der Waals surface area contributed by atoms with Gasteiger partial charge in [-0.3, -0.25) is 9.55 Å². The Labute approximate surface area is 99.7 Å². The number of nitrogens with one attached hydrogen (secondary N) is 1. The smallest absolute Gasteiger partial charge is 0.309 e. The first kappa shape index (κ1) is 11.6. The molecule has 5 heteroatoms. The number of hydrogen-bond donors (Lipinski definition) is 1. The highest BCUT2D eigenvalue weighted by Gasteiger charge is 1.98. The molecule has 0 aliphatic carbocycles. The minimum absolute atomic E-state index is 0.0182. The Hall–Kier alpha value is -1.88. The predicted octanol–water partition coefficient (Wildman–Crippen LogP) is 0.372. The van der Waals surface area contributed by atoms with Gasteiger partial charge in [-0.1, -0.05) is 6.07 Å². The second kappa shape index (κ2) is 5.45. The van der Waals surface area contributed by atoms with E-state index in [0.29, 0.717) is 6.54 Å². The zero-order chi connectivity index (χ0) is 12.1. The zero-order valence-electron chi connectivity index (χ0n) is 9.84. The number of imidazole rings is 1. The van der Waals surface area contributed by atoms with Crippen molar-refractivity contribution in [2.45, 2.75) is 13.1 Å². The quantitative estimate of drug-likeness (QED) is 0.758. The van der Waals surface area contributed by atoms with Crippen molar-refractivity contribution >= 4 is 0 Å². The van der Waals surface area contributed by atoms with Gasteiger partial charge in [0.05, 0.1) is 5.69 Å². The first-order valence-electron chi connectivity index (χ1n) is 5.60. The number of hydrogen-bond acceptors (Lipinski definition) is 3. The molecule has 17 heavy (non-hydrogen) atoms. The largest absolute Gasteiger partial charge is 0.327 e. The molecule has 2 heterocycles. The minimum atomic E-state index is 0.0182. The predicted molar refractivity (Wildman–Crippen MR) is 65.6 cm³/mol. The average molecular weight is 232 g/mol. The first-order valence-corrected chi connectivity index (χ1v) is 5.60. The van der Waals surface area contributed by atoms with E-state index in [1.54, 1.807) is 34.8 Å². The second-order valence-corrected chi connectivity index (χ2v) is 3.88. The summed E-state index contributed by atoms with van der Waals surface area (Å²) in [6.45, 7) is 2.15. The van der Waals surface area contributed by atoms with Gasteiger partial charge in [0.15, 0.2) is 0 Å². The summed E-state index contributed by atoms with van der Waals surface area (Å²) in [7, 11) is 1.75. The van der Waals surface area contributed by atoms with Gasteiger partial charge < -0.3 is 9.88 Å². The van der Waals surface area contributed by atoms with E-state index in [9.17, 15) is 4.79 Å². The van der Waals surface area contributed by atoms with Gasteiger partial charge in [-0.25, -0.2) is 4.79 Å². The van der Waals surface area contributed by atoms with E-state index in [-0.39, 0.29) is 5.69 Å². The standard InChI is InChI=1S/C12H16N4O/c1-15-8-9-16(12(15)17)7-6-13-10-11-4-2-3-5-14-11/h2-5,8-9,13H,6-7,10H2,1H3. The summed E-state index contributed by atoms with van der Waals surface area (Å²) >= 11 is 0. The van der Waals surface area contributed by atoms with Crippen molar-refractivity contribution in [2.24, 2.45) is 7.05 Å². The van der Waals surface area contributed by atoms with E-state index in [2.05, 4.69) is 10.3 Å². The summed E-state index contributed by atoms with van der Waals surface area (Å²) in [5.41, 5.74) is 1.03. The van der Waals surface area contributed by atoms with Gasteiger partial charge in [-0.2, -0.15) is 0 Å². The maximum absolute atomic E-state index is 11.5. The third-order valence-electron chi connectivity index (χ3n) is 2.58. The van der Waals surface area contributed by atoms with Crippen LogP contribution in [0.25, 0.3) is 0 Å². The molecule has 5 nitrogen and oxygen atoms in total. The maximum Gasteiger partial charge on any atom is 0.327 e. The van der Waals surface area contributed by atoms with Crippen LogP contribution in [0.1, 0.15) is 5.69 Å². The van der Waals surface area contributed by atoms with Crippen LogP contribution in [-0.4, -0.2) is 20.7 Å². The number of nitrogens with zero attached hydrogens (tertiary/aromatic N) is 3. The third-order valence-corrected chi connectivity index (χ3v) is 2.58. The van der Waals surface area contributed by atoms with E-state index in [4.69, 9.17) is 0 Å². The molecule has 1 N–H and O–H groups in total. The molecular weight excluding hydrogens is 216 g/mol. The summed E-state index contributed by atoms with van der Waals surface area (Å²) in [6, 6.07) is 5.83. The lowest BCUT2D eigenvalue weighted by molar-refractivity contribution is 0.574. The van der Waals surface area contributed by atoms with Crippen LogP contribution in [0.4, 0.5) is 0 Å². The lowest BCUT2D eigenvalue weighted by atomic mass is 10.3. The summed E-state index contributed by atoms with van der Waals surface area (Å²) in [5, 5.41) is 3.26. The Morgan fingerprint density at radius 1 is 1.35 bits per heavy atom. The molecule has 90 valence electrons. The van der Waals surface area contributed by atoms with Gasteiger partial charge in [-0.15, -0.1) is 0 Å². The normalized spacial score (nSPS) is 10.6. The number of pyridine rings is 1. The van der Waals surface area contributed by atoms with Crippen LogP contribution in [0.3, 0.4) is 0 Å². The van der Waals surface area contributed by atoms with Crippen LogP contribution in [0, 0.1) is 0 Å². The highest BCUT2D eigenvalue weighted by molar-refractivity contribution is 5.02. The summed E-state index contributed by atoms with van der Waals surface area (Å²) < 4.78 is 3.25. The van der Waals surface area contributed by atoms with Crippen molar-refractivity contribution in [1.29, 1.82) is 0 Å². The van der Waals surface area contributed by atoms with Crippen LogP contribution in [-0.2, 0) is 20.1 Å². The number of rotatable bonds is 5. The van der Waals surface area contributed by atoms with E-state index in [1.165, 1.54) is 0 Å². The van der Waals surface area contributed by atoms with Gasteiger partial charge in [0.1, 0.15) is 0 Å². The van der Waals surface area contributed by atoms with E-state index in [1.807, 2.05) is 18.2 Å². The van der Waals surface area contributed by atoms with E-state index >= 15 is 0 Å². The highest BCUT2D eigenvalue weighted by atomic mass is 16.1. The molecule has 0 unspecified atom stereocenters. The number of aromatic nitrogens is 3. The van der Waals surface area contributed by atoms with Crippen molar-refractivity contribution in [2.75, 3.05) is 6.54 Å². The number of aryl methyl sites for hydroxylation is 1. The van der Waals surface area contributed by atoms with Gasteiger partial charge in [-0.05, 0) is 12.1 Å². The van der Waals surface area contributed by atoms with Crippen LogP contribution < -0.4 is 11.0 Å². The van der Waals surface area contributed by atoms with E-state index < -0.39 is 0 Å². The molecule has 2 aromatic heterocycles. The second-order valence-electron chi connectivity index (χ2n) is 3.88. The lowest BCUT2D eigenvalue weighted by Crippen LogP contribution is -2.27. The molecule has 0 aliphatic heterocycles. The fraction of sp³-hybridized carbons (Fsp3) is 0.333. The lowest BCUT2D eigenvalue weighted by Gasteiger charge is -2.04. The van der Waals surface area contributed by atoms with Crippen LogP contribution >= 0.6 is 0 Å². The summed E-state index contributed by atoms with van der Waals surface area (Å²) in [6.07, 6.45) is 5.34. The summed E-state index contributed by atoms with van der Waals surface area (Å²) in [5.74, 6) is 0. The SMILES string of the molecule is Cn1ccn(CCNCc2ccccn2)c1=O. The monoisotopic (exact) mass is 232 g/mol. The van der Waals surface area contributed by atoms with Gasteiger partial charge in [0.2, 0.25) is 0 Å².